The van der Waals surface area contributed by atoms with Gasteiger partial charge in [0.1, 0.15) is 12.7 Å². The van der Waals surface area contributed by atoms with Crippen LogP contribution in [0.4, 0.5) is 0 Å². The van der Waals surface area contributed by atoms with Gasteiger partial charge in [0.05, 0.1) is 31.7 Å². The van der Waals surface area contributed by atoms with Crippen molar-refractivity contribution in [3.8, 4) is 0 Å². The average Bonchev–Trinajstić information content (AvgIpc) is 2.60. The van der Waals surface area contributed by atoms with E-state index in [0.29, 0.717) is 0 Å². The van der Waals surface area contributed by atoms with E-state index in [-0.39, 0.29) is 6.61 Å². The highest BCUT2D eigenvalue weighted by atomic mass is 16.6. The molecule has 4 atom stereocenters. The van der Waals surface area contributed by atoms with E-state index in [0.717, 1.165) is 0 Å². The molecule has 24 heavy (non-hydrogen) atoms. The van der Waals surface area contributed by atoms with E-state index in [2.05, 4.69) is 0 Å². The molecule has 0 aliphatic heterocycles. The normalized spacial score (nSPS) is 17.4. The van der Waals surface area contributed by atoms with Crippen molar-refractivity contribution in [2.45, 2.75) is 52.1 Å². The summed E-state index contributed by atoms with van der Waals surface area (Å²) in [5.74, 6) is 0. The Labute approximate surface area is 144 Å². The van der Waals surface area contributed by atoms with Gasteiger partial charge in [0.2, 0.25) is 0 Å². The molecule has 0 radical (unpaired) electrons. The van der Waals surface area contributed by atoms with E-state index in [1.165, 1.54) is 18.8 Å². The van der Waals surface area contributed by atoms with Crippen LogP contribution in [0.5, 0.6) is 0 Å². The fourth-order valence-electron chi connectivity index (χ4n) is 1.84. The summed E-state index contributed by atoms with van der Waals surface area (Å²) in [4.78, 5) is 0. The molecule has 6 nitrogen and oxygen atoms in total. The number of hydrogen-bond acceptors (Lipinski definition) is 6. The molecule has 0 spiro atoms. The highest BCUT2D eigenvalue weighted by Crippen LogP contribution is 2.18. The third-order valence-corrected chi connectivity index (χ3v) is 2.88. The minimum atomic E-state index is -1.14. The first kappa shape index (κ1) is 22.1. The molecule has 0 aromatic heterocycles. The number of aliphatic hydroxyl groups is 2. The van der Waals surface area contributed by atoms with E-state index in [1.54, 1.807) is 44.4 Å². The molecule has 0 heterocycles. The molecular formula is C18H30O6. The van der Waals surface area contributed by atoms with Gasteiger partial charge in [-0.25, -0.2) is 0 Å². The molecule has 0 rings (SSSR count). The summed E-state index contributed by atoms with van der Waals surface area (Å²) < 4.78 is 22.3. The fourth-order valence-corrected chi connectivity index (χ4v) is 1.84. The first-order chi connectivity index (χ1) is 11.7. The Balaban J connectivity index is 5.45. The van der Waals surface area contributed by atoms with Gasteiger partial charge in [-0.15, -0.1) is 0 Å². The van der Waals surface area contributed by atoms with Crippen molar-refractivity contribution in [3.63, 3.8) is 0 Å². The molecule has 138 valence electrons. The van der Waals surface area contributed by atoms with Crippen molar-refractivity contribution in [3.05, 3.63) is 49.4 Å². The van der Waals surface area contributed by atoms with Crippen molar-refractivity contribution in [1.29, 1.82) is 0 Å². The molecule has 0 aliphatic rings. The van der Waals surface area contributed by atoms with Gasteiger partial charge in [0.15, 0.2) is 18.3 Å². The summed E-state index contributed by atoms with van der Waals surface area (Å²) in [6.45, 7) is 6.96. The Morgan fingerprint density at radius 1 is 0.750 bits per heavy atom. The van der Waals surface area contributed by atoms with Crippen LogP contribution < -0.4 is 0 Å². The van der Waals surface area contributed by atoms with E-state index in [9.17, 15) is 10.2 Å². The van der Waals surface area contributed by atoms with Crippen molar-refractivity contribution in [2.75, 3.05) is 13.2 Å². The van der Waals surface area contributed by atoms with Gasteiger partial charge in [-0.2, -0.15) is 0 Å². The van der Waals surface area contributed by atoms with Crippen LogP contribution in [0.2, 0.25) is 0 Å². The lowest BCUT2D eigenvalue weighted by Crippen LogP contribution is -2.49. The van der Waals surface area contributed by atoms with Crippen LogP contribution in [0.1, 0.15) is 27.7 Å². The SMILES string of the molecule is CC=COC[C@H](OC=CC)[C@@H](OC=CC)[C@H](OC=CC)[C@H](O)CO. The van der Waals surface area contributed by atoms with Crippen LogP contribution in [-0.2, 0) is 18.9 Å². The van der Waals surface area contributed by atoms with Crippen LogP contribution in [-0.4, -0.2) is 47.8 Å². The second-order valence-electron chi connectivity index (χ2n) is 4.84. The zero-order valence-corrected chi connectivity index (χ0v) is 14.9. The average molecular weight is 342 g/mol. The maximum Gasteiger partial charge on any atom is 0.177 e. The molecular weight excluding hydrogens is 312 g/mol. The predicted octanol–water partition coefficient (Wildman–Crippen LogP) is 2.65. The van der Waals surface area contributed by atoms with E-state index >= 15 is 0 Å². The van der Waals surface area contributed by atoms with Crippen LogP contribution in [0.15, 0.2) is 49.4 Å². The van der Waals surface area contributed by atoms with Crippen molar-refractivity contribution in [2.24, 2.45) is 0 Å². The Hall–Kier alpha value is -1.92. The maximum atomic E-state index is 10.1. The largest absolute Gasteiger partial charge is 0.498 e. The summed E-state index contributed by atoms with van der Waals surface area (Å²) in [5.41, 5.74) is 0. The van der Waals surface area contributed by atoms with Gasteiger partial charge in [-0.3, -0.25) is 0 Å². The minimum absolute atomic E-state index is 0.185. The van der Waals surface area contributed by atoms with Gasteiger partial charge in [0.25, 0.3) is 0 Å². The zero-order valence-electron chi connectivity index (χ0n) is 14.9. The molecule has 0 aliphatic carbocycles. The van der Waals surface area contributed by atoms with Crippen molar-refractivity contribution >= 4 is 0 Å². The fraction of sp³-hybridized carbons (Fsp3) is 0.556. The summed E-state index contributed by atoms with van der Waals surface area (Å²) in [6, 6.07) is 0. The Morgan fingerprint density at radius 3 is 1.75 bits per heavy atom. The van der Waals surface area contributed by atoms with Gasteiger partial charge in [-0.1, -0.05) is 24.3 Å². The standard InChI is InChI=1S/C18H30O6/c1-5-9-21-14-16(22-10-6-2)18(24-12-8-4)17(15(20)13-19)23-11-7-3/h5-12,15-20H,13-14H2,1-4H3/t15-,16+,17-,18-/m1/s1. The van der Waals surface area contributed by atoms with Crippen LogP contribution in [0.3, 0.4) is 0 Å². The first-order valence-electron chi connectivity index (χ1n) is 7.97. The summed E-state index contributed by atoms with van der Waals surface area (Å²) in [6.07, 6.45) is 9.62. The second kappa shape index (κ2) is 14.7. The summed E-state index contributed by atoms with van der Waals surface area (Å²) in [7, 11) is 0. The van der Waals surface area contributed by atoms with E-state index < -0.39 is 31.0 Å². The smallest absolute Gasteiger partial charge is 0.177 e. The summed E-state index contributed by atoms with van der Waals surface area (Å²) in [5, 5.41) is 19.4. The number of ether oxygens (including phenoxy) is 4. The topological polar surface area (TPSA) is 77.4 Å². The number of rotatable bonds is 13. The molecule has 0 saturated carbocycles. The Morgan fingerprint density at radius 2 is 1.25 bits per heavy atom. The monoisotopic (exact) mass is 342 g/mol. The van der Waals surface area contributed by atoms with Crippen LogP contribution in [0.25, 0.3) is 0 Å². The van der Waals surface area contributed by atoms with Gasteiger partial charge >= 0.3 is 0 Å². The molecule has 0 saturated heterocycles. The Bertz CT molecular complexity index is 402. The van der Waals surface area contributed by atoms with Crippen LogP contribution >= 0.6 is 0 Å². The Kier molecular flexibility index (Phi) is 13.5. The number of allylic oxidation sites excluding steroid dienone is 4. The lowest BCUT2D eigenvalue weighted by atomic mass is 10.0. The third kappa shape index (κ3) is 8.64. The lowest BCUT2D eigenvalue weighted by molar-refractivity contribution is -0.133. The summed E-state index contributed by atoms with van der Waals surface area (Å²) >= 11 is 0. The molecule has 6 heteroatoms. The minimum Gasteiger partial charge on any atom is -0.498 e. The molecule has 0 unspecified atom stereocenters. The van der Waals surface area contributed by atoms with Crippen LogP contribution in [0, 0.1) is 0 Å². The lowest BCUT2D eigenvalue weighted by Gasteiger charge is -2.33. The van der Waals surface area contributed by atoms with Gasteiger partial charge in [-0.05, 0) is 27.7 Å². The zero-order chi connectivity index (χ0) is 18.2. The highest BCUT2D eigenvalue weighted by molar-refractivity contribution is 4.90. The van der Waals surface area contributed by atoms with E-state index in [4.69, 9.17) is 18.9 Å². The van der Waals surface area contributed by atoms with Crippen molar-refractivity contribution < 1.29 is 29.2 Å². The molecule has 0 aromatic carbocycles. The molecule has 0 aromatic rings. The molecule has 0 fully saturated rings. The maximum absolute atomic E-state index is 10.1. The first-order valence-corrected chi connectivity index (χ1v) is 7.97. The second-order valence-corrected chi connectivity index (χ2v) is 4.84. The number of aliphatic hydroxyl groups excluding tert-OH is 2. The molecule has 0 bridgehead atoms. The molecule has 2 N–H and O–H groups in total. The molecule has 0 amide bonds. The van der Waals surface area contributed by atoms with Gasteiger partial charge in [0, 0.05) is 0 Å². The quantitative estimate of drug-likeness (QED) is 0.501. The highest BCUT2D eigenvalue weighted by Gasteiger charge is 2.38. The van der Waals surface area contributed by atoms with Crippen molar-refractivity contribution in [1.82, 2.24) is 0 Å². The predicted molar refractivity (Wildman–Crippen MR) is 92.9 cm³/mol. The number of hydrogen-bond donors (Lipinski definition) is 2. The van der Waals surface area contributed by atoms with E-state index in [1.807, 2.05) is 13.8 Å². The van der Waals surface area contributed by atoms with Gasteiger partial charge < -0.3 is 29.2 Å². The third-order valence-electron chi connectivity index (χ3n) is 2.88.